The van der Waals surface area contributed by atoms with Crippen LogP contribution in [0.1, 0.15) is 45.6 Å². The van der Waals surface area contributed by atoms with Crippen LogP contribution in [0.5, 0.6) is 0 Å². The summed E-state index contributed by atoms with van der Waals surface area (Å²) in [6, 6.07) is 7.74. The maximum Gasteiger partial charge on any atom is 0.408 e. The van der Waals surface area contributed by atoms with Gasteiger partial charge in [0.05, 0.1) is 7.11 Å². The minimum atomic E-state index is -0.780. The van der Waals surface area contributed by atoms with Crippen LogP contribution in [-0.4, -0.2) is 37.2 Å². The fraction of sp³-hybridized carbons (Fsp3) is 0.550. The summed E-state index contributed by atoms with van der Waals surface area (Å²) < 4.78 is 9.93. The van der Waals surface area contributed by atoms with Crippen molar-refractivity contribution in [3.05, 3.63) is 35.9 Å². The molecule has 0 aliphatic carbocycles. The van der Waals surface area contributed by atoms with E-state index in [0.29, 0.717) is 19.3 Å². The number of esters is 1. The molecule has 1 aromatic rings. The van der Waals surface area contributed by atoms with Crippen molar-refractivity contribution in [3.8, 4) is 0 Å². The molecule has 0 fully saturated rings. The van der Waals surface area contributed by atoms with Crippen LogP contribution in [0.25, 0.3) is 0 Å². The summed E-state index contributed by atoms with van der Waals surface area (Å²) in [5.74, 6) is -0.730. The van der Waals surface area contributed by atoms with Gasteiger partial charge in [-0.2, -0.15) is 0 Å². The van der Waals surface area contributed by atoms with Crippen molar-refractivity contribution >= 4 is 18.0 Å². The Morgan fingerprint density at radius 1 is 1.04 bits per heavy atom. The minimum Gasteiger partial charge on any atom is -0.467 e. The molecule has 2 amide bonds. The Morgan fingerprint density at radius 3 is 2.26 bits per heavy atom. The third kappa shape index (κ3) is 8.57. The molecule has 7 heteroatoms. The van der Waals surface area contributed by atoms with Gasteiger partial charge in [0.25, 0.3) is 0 Å². The molecular formula is C20H30N2O5. The Hall–Kier alpha value is -2.57. The van der Waals surface area contributed by atoms with E-state index in [2.05, 4.69) is 10.6 Å². The average Bonchev–Trinajstić information content (AvgIpc) is 2.65. The van der Waals surface area contributed by atoms with Gasteiger partial charge in [0.2, 0.25) is 5.91 Å². The first-order valence-corrected chi connectivity index (χ1v) is 9.22. The van der Waals surface area contributed by atoms with Gasteiger partial charge in [-0.1, -0.05) is 57.5 Å². The summed E-state index contributed by atoms with van der Waals surface area (Å²) in [7, 11) is 1.28. The molecule has 0 aromatic heterocycles. The Balaban J connectivity index is 2.64. The second-order valence-electron chi connectivity index (χ2n) is 6.76. The number of ether oxygens (including phenoxy) is 2. The highest BCUT2D eigenvalue weighted by Gasteiger charge is 2.27. The van der Waals surface area contributed by atoms with E-state index in [1.54, 1.807) is 0 Å². The highest BCUT2D eigenvalue weighted by Crippen LogP contribution is 2.08. The summed E-state index contributed by atoms with van der Waals surface area (Å²) in [5.41, 5.74) is 0.854. The van der Waals surface area contributed by atoms with Gasteiger partial charge in [0, 0.05) is 0 Å². The lowest BCUT2D eigenvalue weighted by Crippen LogP contribution is -2.52. The first-order chi connectivity index (χ1) is 12.9. The summed E-state index contributed by atoms with van der Waals surface area (Å²) >= 11 is 0. The number of carbonyl (C=O) groups excluding carboxylic acids is 3. The van der Waals surface area contributed by atoms with E-state index in [-0.39, 0.29) is 12.5 Å². The number of carbonyl (C=O) groups is 3. The average molecular weight is 378 g/mol. The second-order valence-corrected chi connectivity index (χ2v) is 6.76. The monoisotopic (exact) mass is 378 g/mol. The number of nitrogens with one attached hydrogen (secondary N) is 2. The molecule has 0 bridgehead atoms. The summed E-state index contributed by atoms with van der Waals surface area (Å²) in [5, 5.41) is 5.26. The lowest BCUT2D eigenvalue weighted by Gasteiger charge is -2.22. The Labute approximate surface area is 160 Å². The molecule has 7 nitrogen and oxygen atoms in total. The van der Waals surface area contributed by atoms with Gasteiger partial charge in [-0.25, -0.2) is 9.59 Å². The molecule has 150 valence electrons. The number of hydrogen-bond donors (Lipinski definition) is 2. The number of amides is 2. The molecule has 0 saturated carbocycles. The predicted molar refractivity (Wildman–Crippen MR) is 102 cm³/mol. The van der Waals surface area contributed by atoms with Gasteiger partial charge in [-0.3, -0.25) is 4.79 Å². The molecule has 0 unspecified atom stereocenters. The first kappa shape index (κ1) is 22.5. The van der Waals surface area contributed by atoms with E-state index < -0.39 is 30.1 Å². The van der Waals surface area contributed by atoms with Crippen LogP contribution in [0, 0.1) is 5.92 Å². The number of methoxy groups -OCH3 is 1. The normalized spacial score (nSPS) is 12.8. The molecule has 0 saturated heterocycles. The zero-order chi connectivity index (χ0) is 20.2. The van der Waals surface area contributed by atoms with E-state index in [0.717, 1.165) is 5.56 Å². The van der Waals surface area contributed by atoms with Crippen molar-refractivity contribution in [1.82, 2.24) is 10.6 Å². The number of benzene rings is 1. The summed E-state index contributed by atoms with van der Waals surface area (Å²) in [6.45, 7) is 5.92. The maximum absolute atomic E-state index is 12.6. The van der Waals surface area contributed by atoms with Gasteiger partial charge >= 0.3 is 12.1 Å². The summed E-state index contributed by atoms with van der Waals surface area (Å²) in [4.78, 5) is 36.5. The van der Waals surface area contributed by atoms with Crippen molar-refractivity contribution in [2.24, 2.45) is 5.92 Å². The van der Waals surface area contributed by atoms with E-state index in [9.17, 15) is 14.4 Å². The van der Waals surface area contributed by atoms with Crippen LogP contribution in [0.15, 0.2) is 30.3 Å². The van der Waals surface area contributed by atoms with Crippen LogP contribution >= 0.6 is 0 Å². The zero-order valence-electron chi connectivity index (χ0n) is 16.5. The van der Waals surface area contributed by atoms with Crippen LogP contribution in [0.2, 0.25) is 0 Å². The van der Waals surface area contributed by atoms with E-state index in [4.69, 9.17) is 9.47 Å². The quantitative estimate of drug-likeness (QED) is 0.611. The molecular weight excluding hydrogens is 348 g/mol. The van der Waals surface area contributed by atoms with E-state index in [1.165, 1.54) is 7.11 Å². The highest BCUT2D eigenvalue weighted by molar-refractivity contribution is 5.89. The lowest BCUT2D eigenvalue weighted by atomic mass is 10.0. The van der Waals surface area contributed by atoms with Crippen molar-refractivity contribution in [3.63, 3.8) is 0 Å². The number of rotatable bonds is 10. The van der Waals surface area contributed by atoms with Gasteiger partial charge in [-0.15, -0.1) is 0 Å². The molecule has 0 aliphatic rings. The van der Waals surface area contributed by atoms with Crippen molar-refractivity contribution in [2.45, 2.75) is 58.7 Å². The minimum absolute atomic E-state index is 0.116. The SMILES string of the molecule is CCC[C@H](NC(=O)OCc1ccccc1)C(=O)N[C@@H](CC(C)C)C(=O)OC. The van der Waals surface area contributed by atoms with Crippen LogP contribution in [0.4, 0.5) is 4.79 Å². The molecule has 1 aromatic carbocycles. The van der Waals surface area contributed by atoms with Gasteiger partial charge < -0.3 is 20.1 Å². The second kappa shape index (κ2) is 11.9. The fourth-order valence-electron chi connectivity index (χ4n) is 2.56. The van der Waals surface area contributed by atoms with Gasteiger partial charge in [0.15, 0.2) is 0 Å². The Kier molecular flexibility index (Phi) is 9.93. The van der Waals surface area contributed by atoms with Crippen LogP contribution in [-0.2, 0) is 25.7 Å². The van der Waals surface area contributed by atoms with Crippen LogP contribution < -0.4 is 10.6 Å². The molecule has 0 heterocycles. The third-order valence-corrected chi connectivity index (χ3v) is 3.91. The predicted octanol–water partition coefficient (Wildman–Crippen LogP) is 2.79. The first-order valence-electron chi connectivity index (χ1n) is 9.22. The van der Waals surface area contributed by atoms with Crippen molar-refractivity contribution < 1.29 is 23.9 Å². The lowest BCUT2D eigenvalue weighted by molar-refractivity contribution is -0.145. The topological polar surface area (TPSA) is 93.7 Å². The maximum atomic E-state index is 12.6. The van der Waals surface area contributed by atoms with Gasteiger partial charge in [0.1, 0.15) is 18.7 Å². The van der Waals surface area contributed by atoms with Crippen molar-refractivity contribution in [1.29, 1.82) is 0 Å². The molecule has 0 aliphatic heterocycles. The van der Waals surface area contributed by atoms with Gasteiger partial charge in [-0.05, 0) is 24.3 Å². The smallest absolute Gasteiger partial charge is 0.408 e. The molecule has 2 N–H and O–H groups in total. The molecule has 2 atom stereocenters. The fourth-order valence-corrected chi connectivity index (χ4v) is 2.56. The Morgan fingerprint density at radius 2 is 1.70 bits per heavy atom. The third-order valence-electron chi connectivity index (χ3n) is 3.91. The molecule has 27 heavy (non-hydrogen) atoms. The zero-order valence-corrected chi connectivity index (χ0v) is 16.5. The Bertz CT molecular complexity index is 604. The largest absolute Gasteiger partial charge is 0.467 e. The molecule has 0 radical (unpaired) electrons. The van der Waals surface area contributed by atoms with Crippen molar-refractivity contribution in [2.75, 3.05) is 7.11 Å². The molecule has 0 spiro atoms. The van der Waals surface area contributed by atoms with E-state index >= 15 is 0 Å². The van der Waals surface area contributed by atoms with Crippen LogP contribution in [0.3, 0.4) is 0 Å². The van der Waals surface area contributed by atoms with E-state index in [1.807, 2.05) is 51.1 Å². The standard InChI is InChI=1S/C20H30N2O5/c1-5-9-16(18(23)21-17(12-14(2)3)19(24)26-4)22-20(25)27-13-15-10-7-6-8-11-15/h6-8,10-11,14,16-17H,5,9,12-13H2,1-4H3,(H,21,23)(H,22,25)/t16-,17-/m0/s1. The number of alkyl carbamates (subject to hydrolysis) is 1. The highest BCUT2D eigenvalue weighted by atomic mass is 16.5. The summed E-state index contributed by atoms with van der Waals surface area (Å²) in [6.07, 6.45) is 0.896. The molecule has 1 rings (SSSR count). The number of hydrogen-bond acceptors (Lipinski definition) is 5.